The second-order valence-electron chi connectivity index (χ2n) is 4.88. The van der Waals surface area contributed by atoms with Crippen molar-refractivity contribution in [1.82, 2.24) is 9.88 Å². The van der Waals surface area contributed by atoms with Gasteiger partial charge in [-0.3, -0.25) is 4.57 Å². The average Bonchev–Trinajstić information content (AvgIpc) is 2.87. The number of nitrogens with zero attached hydrogens (tertiary/aromatic N) is 2. The van der Waals surface area contributed by atoms with Crippen LogP contribution >= 0.6 is 11.3 Å². The highest BCUT2D eigenvalue weighted by Gasteiger charge is 2.30. The predicted molar refractivity (Wildman–Crippen MR) is 84.2 cm³/mol. The number of aryl methyl sites for hydroxylation is 1. The monoisotopic (exact) mass is 359 g/mol. The lowest BCUT2D eigenvalue weighted by atomic mass is 10.2. The number of urea groups is 1. The highest BCUT2D eigenvalue weighted by atomic mass is 32.1. The highest BCUT2D eigenvalue weighted by molar-refractivity contribution is 7.09. The van der Waals surface area contributed by atoms with E-state index in [1.54, 1.807) is 10.8 Å². The van der Waals surface area contributed by atoms with E-state index in [1.165, 1.54) is 30.6 Å². The topological polar surface area (TPSA) is 55.6 Å². The smallest absolute Gasteiger partial charge is 0.383 e. The van der Waals surface area contributed by atoms with E-state index in [0.717, 1.165) is 17.0 Å². The number of halogens is 3. The van der Waals surface area contributed by atoms with E-state index in [9.17, 15) is 18.0 Å². The minimum absolute atomic E-state index is 0.323. The molecule has 0 bridgehead atoms. The van der Waals surface area contributed by atoms with Crippen LogP contribution in [0.3, 0.4) is 0 Å². The van der Waals surface area contributed by atoms with Crippen LogP contribution < -0.4 is 10.1 Å². The second-order valence-corrected chi connectivity index (χ2v) is 6.09. The number of hydrogen-bond donors (Lipinski definition) is 1. The third-order valence-corrected chi connectivity index (χ3v) is 3.92. The minimum atomic E-state index is -4.39. The molecule has 0 radical (unpaired) electrons. The molecule has 0 spiro atoms. The average molecular weight is 359 g/mol. The molecule has 0 saturated carbocycles. The number of benzene rings is 1. The fraction of sp³-hybridized carbons (Fsp3) is 0.333. The third-order valence-electron chi connectivity index (χ3n) is 3.02. The molecule has 2 rings (SSSR count). The molecule has 0 atom stereocenters. The molecule has 1 heterocycles. The number of alkyl halides is 3. The standard InChI is InChI=1S/C15H16F3N3O2S/c1-10-9-21(12-5-3-11(4-6-12)15(16,17)18)14(24-10)20-13(22)19-7-8-23-2/h3-6,9H,7-8H2,1-2H3,(H,19,22). The highest BCUT2D eigenvalue weighted by Crippen LogP contribution is 2.29. The summed E-state index contributed by atoms with van der Waals surface area (Å²) in [5.74, 6) is 0. The lowest BCUT2D eigenvalue weighted by Gasteiger charge is -2.08. The van der Waals surface area contributed by atoms with Crippen LogP contribution in [-0.4, -0.2) is 30.9 Å². The summed E-state index contributed by atoms with van der Waals surface area (Å²) in [5, 5.41) is 2.56. The number of methoxy groups -OCH3 is 1. The van der Waals surface area contributed by atoms with Gasteiger partial charge in [0.2, 0.25) is 0 Å². The molecule has 2 amide bonds. The van der Waals surface area contributed by atoms with Crippen LogP contribution in [0.2, 0.25) is 0 Å². The SMILES string of the molecule is COCCNC(=O)N=c1sc(C)cn1-c1ccc(C(F)(F)F)cc1. The molecule has 0 aliphatic rings. The van der Waals surface area contributed by atoms with Crippen molar-refractivity contribution in [2.75, 3.05) is 20.3 Å². The van der Waals surface area contributed by atoms with Gasteiger partial charge in [0.15, 0.2) is 4.80 Å². The zero-order valence-electron chi connectivity index (χ0n) is 13.1. The zero-order valence-corrected chi connectivity index (χ0v) is 13.9. The number of carbonyl (C=O) groups is 1. The van der Waals surface area contributed by atoms with E-state index in [0.29, 0.717) is 23.6 Å². The Hall–Kier alpha value is -2.13. The molecular weight excluding hydrogens is 343 g/mol. The Morgan fingerprint density at radius 3 is 2.58 bits per heavy atom. The lowest BCUT2D eigenvalue weighted by Crippen LogP contribution is -2.26. The Balaban J connectivity index is 2.30. The molecule has 5 nitrogen and oxygen atoms in total. The Morgan fingerprint density at radius 1 is 1.33 bits per heavy atom. The third kappa shape index (κ3) is 4.68. The summed E-state index contributed by atoms with van der Waals surface area (Å²) >= 11 is 1.27. The molecule has 0 aliphatic carbocycles. The molecule has 24 heavy (non-hydrogen) atoms. The van der Waals surface area contributed by atoms with E-state index in [1.807, 2.05) is 6.92 Å². The van der Waals surface area contributed by atoms with Gasteiger partial charge in [0.05, 0.1) is 12.2 Å². The summed E-state index contributed by atoms with van der Waals surface area (Å²) in [6, 6.07) is 4.15. The van der Waals surface area contributed by atoms with Crippen molar-refractivity contribution in [3.63, 3.8) is 0 Å². The molecule has 1 N–H and O–H groups in total. The molecular formula is C15H16F3N3O2S. The molecule has 1 aromatic heterocycles. The number of carbonyl (C=O) groups excluding carboxylic acids is 1. The Morgan fingerprint density at radius 2 is 2.00 bits per heavy atom. The van der Waals surface area contributed by atoms with Gasteiger partial charge in [-0.1, -0.05) is 0 Å². The Bertz CT molecular complexity index is 764. The first kappa shape index (κ1) is 18.2. The minimum Gasteiger partial charge on any atom is -0.383 e. The second kappa shape index (κ2) is 7.63. The number of nitrogens with one attached hydrogen (secondary N) is 1. The quantitative estimate of drug-likeness (QED) is 0.853. The van der Waals surface area contributed by atoms with E-state index in [2.05, 4.69) is 10.3 Å². The van der Waals surface area contributed by atoms with Crippen molar-refractivity contribution >= 4 is 17.4 Å². The van der Waals surface area contributed by atoms with Crippen molar-refractivity contribution < 1.29 is 22.7 Å². The van der Waals surface area contributed by atoms with E-state index >= 15 is 0 Å². The molecule has 2 aromatic rings. The summed E-state index contributed by atoms with van der Waals surface area (Å²) < 4.78 is 44.3. The first-order valence-corrected chi connectivity index (χ1v) is 7.81. The van der Waals surface area contributed by atoms with Gasteiger partial charge in [-0.25, -0.2) is 4.79 Å². The number of aromatic nitrogens is 1. The van der Waals surface area contributed by atoms with Gasteiger partial charge in [0, 0.05) is 30.4 Å². The summed E-state index contributed by atoms with van der Waals surface area (Å²) in [4.78, 5) is 17.0. The van der Waals surface area contributed by atoms with Crippen LogP contribution in [-0.2, 0) is 10.9 Å². The number of hydrogen-bond acceptors (Lipinski definition) is 3. The van der Waals surface area contributed by atoms with Crippen LogP contribution in [0.5, 0.6) is 0 Å². The van der Waals surface area contributed by atoms with Gasteiger partial charge in [-0.2, -0.15) is 18.2 Å². The van der Waals surface area contributed by atoms with Crippen LogP contribution in [0.4, 0.5) is 18.0 Å². The molecule has 130 valence electrons. The maximum atomic E-state index is 12.6. The first-order chi connectivity index (χ1) is 11.3. The fourth-order valence-electron chi connectivity index (χ4n) is 1.92. The summed E-state index contributed by atoms with van der Waals surface area (Å²) in [7, 11) is 1.52. The van der Waals surface area contributed by atoms with Gasteiger partial charge >= 0.3 is 12.2 Å². The van der Waals surface area contributed by atoms with Crippen molar-refractivity contribution in [1.29, 1.82) is 0 Å². The number of thiazole rings is 1. The molecule has 0 aliphatic heterocycles. The molecule has 0 unspecified atom stereocenters. The van der Waals surface area contributed by atoms with Gasteiger partial charge in [-0.05, 0) is 31.2 Å². The maximum absolute atomic E-state index is 12.6. The normalized spacial score (nSPS) is 12.5. The van der Waals surface area contributed by atoms with Gasteiger partial charge in [0.25, 0.3) is 0 Å². The van der Waals surface area contributed by atoms with Crippen molar-refractivity contribution in [2.45, 2.75) is 13.1 Å². The Kier molecular flexibility index (Phi) is 5.79. The molecule has 1 aromatic carbocycles. The van der Waals surface area contributed by atoms with Gasteiger partial charge < -0.3 is 10.1 Å². The van der Waals surface area contributed by atoms with Crippen molar-refractivity contribution in [2.24, 2.45) is 4.99 Å². The van der Waals surface area contributed by atoms with E-state index in [-0.39, 0.29) is 0 Å². The number of ether oxygens (including phenoxy) is 1. The number of amides is 2. The fourth-order valence-corrected chi connectivity index (χ4v) is 2.75. The lowest BCUT2D eigenvalue weighted by molar-refractivity contribution is -0.137. The molecule has 9 heteroatoms. The summed E-state index contributed by atoms with van der Waals surface area (Å²) in [6.07, 6.45) is -2.67. The van der Waals surface area contributed by atoms with Crippen LogP contribution in [0, 0.1) is 6.92 Å². The number of rotatable bonds is 4. The van der Waals surface area contributed by atoms with Gasteiger partial charge in [0.1, 0.15) is 0 Å². The zero-order chi connectivity index (χ0) is 17.7. The van der Waals surface area contributed by atoms with Gasteiger partial charge in [-0.15, -0.1) is 11.3 Å². The van der Waals surface area contributed by atoms with E-state index in [4.69, 9.17) is 4.74 Å². The van der Waals surface area contributed by atoms with Crippen LogP contribution in [0.15, 0.2) is 35.5 Å². The summed E-state index contributed by atoms with van der Waals surface area (Å²) in [6.45, 7) is 2.51. The Labute approximate surface area is 140 Å². The largest absolute Gasteiger partial charge is 0.416 e. The predicted octanol–water partition coefficient (Wildman–Crippen LogP) is 3.12. The maximum Gasteiger partial charge on any atom is 0.416 e. The van der Waals surface area contributed by atoms with Crippen molar-refractivity contribution in [3.05, 3.63) is 45.7 Å². The summed E-state index contributed by atoms with van der Waals surface area (Å²) in [5.41, 5.74) is -0.231. The van der Waals surface area contributed by atoms with Crippen molar-refractivity contribution in [3.8, 4) is 5.69 Å². The molecule has 0 saturated heterocycles. The molecule has 0 fully saturated rings. The van der Waals surface area contributed by atoms with Crippen LogP contribution in [0.1, 0.15) is 10.4 Å². The van der Waals surface area contributed by atoms with Crippen LogP contribution in [0.25, 0.3) is 5.69 Å². The first-order valence-electron chi connectivity index (χ1n) is 6.99. The van der Waals surface area contributed by atoms with E-state index < -0.39 is 17.8 Å².